The number of amides is 1. The van der Waals surface area contributed by atoms with Gasteiger partial charge < -0.3 is 5.73 Å². The predicted molar refractivity (Wildman–Crippen MR) is 63.3 cm³/mol. The zero-order valence-corrected chi connectivity index (χ0v) is 12.0. The lowest BCUT2D eigenvalue weighted by molar-refractivity contribution is -0.162. The molecule has 0 saturated heterocycles. The molecule has 0 fully saturated rings. The minimum Gasteiger partial charge on any atom is -0.365 e. The summed E-state index contributed by atoms with van der Waals surface area (Å²) >= 11 is 0. The Labute approximate surface area is 107 Å². The van der Waals surface area contributed by atoms with Crippen molar-refractivity contribution in [2.75, 3.05) is 12.5 Å². The van der Waals surface area contributed by atoms with E-state index in [9.17, 15) is 21.6 Å². The second-order valence-electron chi connectivity index (χ2n) is 3.80. The number of hydrogen-bond acceptors (Lipinski definition) is 7. The second kappa shape index (κ2) is 5.95. The molecule has 2 N–H and O–H groups in total. The van der Waals surface area contributed by atoms with Crippen LogP contribution in [0.1, 0.15) is 26.2 Å². The topological polar surface area (TPSA) is 130 Å². The Morgan fingerprint density at radius 2 is 1.50 bits per heavy atom. The quantitative estimate of drug-likeness (QED) is 0.464. The fourth-order valence-corrected chi connectivity index (χ4v) is 2.62. The zero-order chi connectivity index (χ0) is 14.6. The van der Waals surface area contributed by atoms with Gasteiger partial charge in [-0.15, -0.1) is 0 Å². The van der Waals surface area contributed by atoms with Gasteiger partial charge in [0, 0.05) is 6.42 Å². The maximum Gasteiger partial charge on any atom is 0.281 e. The Kier molecular flexibility index (Phi) is 5.72. The third-order valence-electron chi connectivity index (χ3n) is 1.81. The van der Waals surface area contributed by atoms with E-state index in [2.05, 4.69) is 8.37 Å². The summed E-state index contributed by atoms with van der Waals surface area (Å²) in [6.07, 6.45) is 1.92. The number of rotatable bonds is 8. The summed E-state index contributed by atoms with van der Waals surface area (Å²) in [5.41, 5.74) is 5.01. The molecule has 0 spiro atoms. The number of carbonyl (C=O) groups is 1. The highest BCUT2D eigenvalue weighted by Gasteiger charge is 2.45. The van der Waals surface area contributed by atoms with E-state index >= 15 is 0 Å². The Balaban J connectivity index is 5.49. The van der Waals surface area contributed by atoms with E-state index in [1.54, 1.807) is 6.92 Å². The third-order valence-corrected chi connectivity index (χ3v) is 2.95. The second-order valence-corrected chi connectivity index (χ2v) is 6.95. The lowest BCUT2D eigenvalue weighted by Gasteiger charge is -2.27. The van der Waals surface area contributed by atoms with Crippen LogP contribution >= 0.6 is 0 Å². The van der Waals surface area contributed by atoms with E-state index in [1.807, 2.05) is 0 Å². The summed E-state index contributed by atoms with van der Waals surface area (Å²) in [5.74, 6) is -3.83. The molecule has 0 aromatic heterocycles. The molecular formula is C8H17NO7S2. The Bertz CT molecular complexity index is 460. The SMILES string of the molecule is CCCCC(OS(C)(=O)=O)(OS(C)(=O)=O)C(N)=O. The summed E-state index contributed by atoms with van der Waals surface area (Å²) in [4.78, 5) is 11.3. The lowest BCUT2D eigenvalue weighted by atomic mass is 10.1. The van der Waals surface area contributed by atoms with E-state index in [-0.39, 0.29) is 6.42 Å². The largest absolute Gasteiger partial charge is 0.365 e. The molecule has 1 amide bonds. The standard InChI is InChI=1S/C8H17NO7S2/c1-4-5-6-8(7(9)10,15-17(2,11)12)16-18(3,13)14/h4-6H2,1-3H3,(H2,9,10). The van der Waals surface area contributed by atoms with Gasteiger partial charge in [-0.1, -0.05) is 13.3 Å². The molecule has 0 aliphatic rings. The van der Waals surface area contributed by atoms with Crippen molar-refractivity contribution in [1.82, 2.24) is 0 Å². The van der Waals surface area contributed by atoms with Gasteiger partial charge in [0.05, 0.1) is 12.5 Å². The number of nitrogens with two attached hydrogens (primary N) is 1. The van der Waals surface area contributed by atoms with Crippen molar-refractivity contribution < 1.29 is 30.0 Å². The molecule has 0 heterocycles. The molecule has 0 radical (unpaired) electrons. The molecule has 0 bridgehead atoms. The van der Waals surface area contributed by atoms with Crippen molar-refractivity contribution in [1.29, 1.82) is 0 Å². The number of carbonyl (C=O) groups excluding carboxylic acids is 1. The average molecular weight is 303 g/mol. The van der Waals surface area contributed by atoms with Gasteiger partial charge in [-0.3, -0.25) is 4.79 Å². The molecule has 0 aromatic carbocycles. The highest BCUT2D eigenvalue weighted by Crippen LogP contribution is 2.25. The molecule has 8 nitrogen and oxygen atoms in total. The molecule has 0 aliphatic heterocycles. The first-order chi connectivity index (χ1) is 7.92. The molecule has 18 heavy (non-hydrogen) atoms. The Morgan fingerprint density at radius 3 is 1.72 bits per heavy atom. The number of hydrogen-bond donors (Lipinski definition) is 1. The van der Waals surface area contributed by atoms with Crippen LogP contribution in [-0.2, 0) is 33.4 Å². The van der Waals surface area contributed by atoms with Gasteiger partial charge in [0.25, 0.3) is 31.9 Å². The zero-order valence-electron chi connectivity index (χ0n) is 10.4. The Morgan fingerprint density at radius 1 is 1.11 bits per heavy atom. The van der Waals surface area contributed by atoms with Gasteiger partial charge >= 0.3 is 0 Å². The Hall–Kier alpha value is -0.710. The van der Waals surface area contributed by atoms with Gasteiger partial charge in [-0.05, 0) is 6.42 Å². The minimum atomic E-state index is -4.12. The van der Waals surface area contributed by atoms with Crippen LogP contribution in [-0.4, -0.2) is 41.0 Å². The van der Waals surface area contributed by atoms with E-state index in [4.69, 9.17) is 5.73 Å². The highest BCUT2D eigenvalue weighted by molar-refractivity contribution is 7.86. The van der Waals surface area contributed by atoms with Crippen LogP contribution in [0.15, 0.2) is 0 Å². The molecule has 0 unspecified atom stereocenters. The summed E-state index contributed by atoms with van der Waals surface area (Å²) in [6.45, 7) is 1.76. The van der Waals surface area contributed by atoms with Gasteiger partial charge in [-0.2, -0.15) is 16.8 Å². The summed E-state index contributed by atoms with van der Waals surface area (Å²) in [6, 6.07) is 0. The highest BCUT2D eigenvalue weighted by atomic mass is 32.2. The number of primary amides is 1. The van der Waals surface area contributed by atoms with Gasteiger partial charge in [-0.25, -0.2) is 8.37 Å². The maximum absolute atomic E-state index is 11.3. The molecule has 0 aliphatic carbocycles. The van der Waals surface area contributed by atoms with Gasteiger partial charge in [0.2, 0.25) is 0 Å². The monoisotopic (exact) mass is 303 g/mol. The normalized spacial score (nSPS) is 13.5. The van der Waals surface area contributed by atoms with Crippen molar-refractivity contribution in [2.24, 2.45) is 5.73 Å². The first-order valence-electron chi connectivity index (χ1n) is 5.03. The van der Waals surface area contributed by atoms with Gasteiger partial charge in [0.15, 0.2) is 0 Å². The average Bonchev–Trinajstić information content (AvgIpc) is 2.08. The third kappa shape index (κ3) is 6.28. The van der Waals surface area contributed by atoms with Crippen LogP contribution in [0.5, 0.6) is 0 Å². The van der Waals surface area contributed by atoms with Crippen LogP contribution in [0.4, 0.5) is 0 Å². The van der Waals surface area contributed by atoms with Crippen molar-refractivity contribution in [2.45, 2.75) is 32.0 Å². The molecule has 108 valence electrons. The molecule has 10 heteroatoms. The smallest absolute Gasteiger partial charge is 0.281 e. The van der Waals surface area contributed by atoms with Crippen molar-refractivity contribution in [3.05, 3.63) is 0 Å². The van der Waals surface area contributed by atoms with Crippen molar-refractivity contribution >= 4 is 26.1 Å². The molecular weight excluding hydrogens is 286 g/mol. The fraction of sp³-hybridized carbons (Fsp3) is 0.875. The molecule has 0 saturated carbocycles. The molecule has 0 aromatic rings. The molecule has 0 rings (SSSR count). The minimum absolute atomic E-state index is 0.279. The first-order valence-corrected chi connectivity index (χ1v) is 8.66. The van der Waals surface area contributed by atoms with E-state index < -0.39 is 31.9 Å². The lowest BCUT2D eigenvalue weighted by Crippen LogP contribution is -2.50. The van der Waals surface area contributed by atoms with Crippen molar-refractivity contribution in [3.63, 3.8) is 0 Å². The number of unbranched alkanes of at least 4 members (excludes halogenated alkanes) is 1. The summed E-state index contributed by atoms with van der Waals surface area (Å²) in [5, 5.41) is 0. The van der Waals surface area contributed by atoms with E-state index in [0.717, 1.165) is 0 Å². The van der Waals surface area contributed by atoms with Crippen LogP contribution in [0, 0.1) is 0 Å². The fourth-order valence-electron chi connectivity index (χ4n) is 1.20. The predicted octanol–water partition coefficient (Wildman–Crippen LogP) is -0.689. The van der Waals surface area contributed by atoms with Crippen LogP contribution in [0.25, 0.3) is 0 Å². The van der Waals surface area contributed by atoms with E-state index in [0.29, 0.717) is 25.4 Å². The van der Waals surface area contributed by atoms with Crippen LogP contribution in [0.2, 0.25) is 0 Å². The van der Waals surface area contributed by atoms with Crippen molar-refractivity contribution in [3.8, 4) is 0 Å². The molecule has 0 atom stereocenters. The van der Waals surface area contributed by atoms with E-state index in [1.165, 1.54) is 0 Å². The van der Waals surface area contributed by atoms with Crippen LogP contribution in [0.3, 0.4) is 0 Å². The first kappa shape index (κ1) is 17.3. The van der Waals surface area contributed by atoms with Gasteiger partial charge in [0.1, 0.15) is 0 Å². The maximum atomic E-state index is 11.3. The van der Waals surface area contributed by atoms with Crippen LogP contribution < -0.4 is 5.73 Å². The summed E-state index contributed by atoms with van der Waals surface area (Å²) in [7, 11) is -8.24. The summed E-state index contributed by atoms with van der Waals surface area (Å²) < 4.78 is 53.3.